The summed E-state index contributed by atoms with van der Waals surface area (Å²) < 4.78 is 15.3. The minimum Gasteiger partial charge on any atom is -0.301 e. The maximum atomic E-state index is 13.4. The van der Waals surface area contributed by atoms with Gasteiger partial charge in [0.2, 0.25) is 0 Å². The zero-order chi connectivity index (χ0) is 20.7. The van der Waals surface area contributed by atoms with Crippen molar-refractivity contribution in [3.05, 3.63) is 24.0 Å². The molecule has 0 aliphatic rings. The Labute approximate surface area is 176 Å². The van der Waals surface area contributed by atoms with Gasteiger partial charge in [-0.15, -0.1) is 5.10 Å². The topological polar surface area (TPSA) is 34.0 Å². The van der Waals surface area contributed by atoms with Gasteiger partial charge in [0.05, 0.1) is 12.1 Å². The molecule has 0 spiro atoms. The maximum Gasteiger partial charge on any atom is 0.125 e. The van der Waals surface area contributed by atoms with Crippen molar-refractivity contribution in [2.45, 2.75) is 97.4 Å². The zero-order valence-electron chi connectivity index (χ0n) is 18.7. The highest BCUT2D eigenvalue weighted by Gasteiger charge is 2.09. The molecule has 164 valence electrons. The van der Waals surface area contributed by atoms with Crippen LogP contribution < -0.4 is 0 Å². The fraction of sp³-hybridized carbons (Fsp3) is 0.750. The van der Waals surface area contributed by atoms with Crippen molar-refractivity contribution in [2.75, 3.05) is 19.6 Å². The molecular formula is C24H41FN4. The average Bonchev–Trinajstić information content (AvgIpc) is 3.12. The minimum absolute atomic E-state index is 0.252. The molecule has 4 nitrogen and oxygen atoms in total. The number of unbranched alkanes of at least 4 members (excludes halogenated alkanes) is 10. The first-order valence-corrected chi connectivity index (χ1v) is 12.0. The van der Waals surface area contributed by atoms with Crippen LogP contribution in [0.2, 0.25) is 0 Å². The van der Waals surface area contributed by atoms with Gasteiger partial charge in [0.25, 0.3) is 0 Å². The van der Waals surface area contributed by atoms with Crippen LogP contribution in [0.3, 0.4) is 0 Å². The van der Waals surface area contributed by atoms with E-state index in [2.05, 4.69) is 29.1 Å². The van der Waals surface area contributed by atoms with Crippen molar-refractivity contribution >= 4 is 11.0 Å². The Morgan fingerprint density at radius 3 is 2.00 bits per heavy atom. The summed E-state index contributed by atoms with van der Waals surface area (Å²) in [6, 6.07) is 4.74. The van der Waals surface area contributed by atoms with Crippen LogP contribution in [0.25, 0.3) is 11.0 Å². The second-order valence-electron chi connectivity index (χ2n) is 8.32. The van der Waals surface area contributed by atoms with Gasteiger partial charge in [0, 0.05) is 12.6 Å². The molecule has 0 atom stereocenters. The molecule has 0 bridgehead atoms. The summed E-state index contributed by atoms with van der Waals surface area (Å²) in [5, 5.41) is 8.36. The van der Waals surface area contributed by atoms with E-state index in [1.165, 1.54) is 102 Å². The quantitative estimate of drug-likeness (QED) is 0.279. The molecule has 2 aromatic rings. The number of nitrogens with zero attached hydrogens (tertiary/aromatic N) is 4. The van der Waals surface area contributed by atoms with E-state index < -0.39 is 0 Å². The second-order valence-corrected chi connectivity index (χ2v) is 8.32. The highest BCUT2D eigenvalue weighted by molar-refractivity contribution is 5.73. The molecule has 0 saturated heterocycles. The number of aromatic nitrogens is 3. The summed E-state index contributed by atoms with van der Waals surface area (Å²) in [5.74, 6) is -0.252. The van der Waals surface area contributed by atoms with E-state index in [1.54, 1.807) is 6.07 Å². The Morgan fingerprint density at radius 1 is 0.793 bits per heavy atom. The number of hydrogen-bond acceptors (Lipinski definition) is 3. The van der Waals surface area contributed by atoms with Crippen LogP contribution in [-0.2, 0) is 6.54 Å². The third kappa shape index (κ3) is 9.24. The standard InChI is InChI=1S/C24H41FN4/c1-3-5-7-9-11-13-17-28(18-14-12-10-8-6-4-2)19-20-29-24-16-15-22(25)21-23(24)26-27-29/h15-16,21H,3-14,17-20H2,1-2H3. The molecule has 2 rings (SSSR count). The van der Waals surface area contributed by atoms with Crippen molar-refractivity contribution in [1.82, 2.24) is 19.9 Å². The van der Waals surface area contributed by atoms with Gasteiger partial charge in [-0.05, 0) is 38.1 Å². The molecule has 0 N–H and O–H groups in total. The fourth-order valence-electron chi connectivity index (χ4n) is 3.91. The second kappa shape index (κ2) is 14.5. The summed E-state index contributed by atoms with van der Waals surface area (Å²) >= 11 is 0. The Bertz CT molecular complexity index is 654. The van der Waals surface area contributed by atoms with E-state index in [0.717, 1.165) is 18.6 Å². The first-order valence-electron chi connectivity index (χ1n) is 12.0. The Morgan fingerprint density at radius 2 is 1.38 bits per heavy atom. The first kappa shape index (κ1) is 23.8. The van der Waals surface area contributed by atoms with Crippen molar-refractivity contribution in [3.63, 3.8) is 0 Å². The Hall–Kier alpha value is -1.49. The molecule has 5 heteroatoms. The zero-order valence-corrected chi connectivity index (χ0v) is 18.7. The molecule has 1 heterocycles. The van der Waals surface area contributed by atoms with Crippen LogP contribution in [0.5, 0.6) is 0 Å². The molecule has 0 aliphatic carbocycles. The summed E-state index contributed by atoms with van der Waals surface area (Å²) in [6.45, 7) is 8.67. The van der Waals surface area contributed by atoms with Gasteiger partial charge in [-0.3, -0.25) is 0 Å². The number of fused-ring (bicyclic) bond motifs is 1. The van der Waals surface area contributed by atoms with Gasteiger partial charge in [-0.25, -0.2) is 9.07 Å². The van der Waals surface area contributed by atoms with Gasteiger partial charge >= 0.3 is 0 Å². The van der Waals surface area contributed by atoms with Crippen LogP contribution in [0, 0.1) is 5.82 Å². The Kier molecular flexibility index (Phi) is 11.9. The molecular weight excluding hydrogens is 363 g/mol. The van der Waals surface area contributed by atoms with Crippen molar-refractivity contribution in [1.29, 1.82) is 0 Å². The van der Waals surface area contributed by atoms with E-state index in [9.17, 15) is 4.39 Å². The van der Waals surface area contributed by atoms with Crippen molar-refractivity contribution in [2.24, 2.45) is 0 Å². The molecule has 0 aliphatic heterocycles. The summed E-state index contributed by atoms with van der Waals surface area (Å²) in [5.41, 5.74) is 1.56. The van der Waals surface area contributed by atoms with E-state index in [0.29, 0.717) is 5.52 Å². The predicted molar refractivity (Wildman–Crippen MR) is 121 cm³/mol. The maximum absolute atomic E-state index is 13.4. The number of hydrogen-bond donors (Lipinski definition) is 0. The normalized spacial score (nSPS) is 11.7. The molecule has 1 aromatic carbocycles. The van der Waals surface area contributed by atoms with E-state index in [1.807, 2.05) is 4.68 Å². The molecule has 0 saturated carbocycles. The first-order chi connectivity index (χ1) is 14.2. The summed E-state index contributed by atoms with van der Waals surface area (Å²) in [4.78, 5) is 2.59. The molecule has 1 aromatic heterocycles. The van der Waals surface area contributed by atoms with Crippen LogP contribution in [0.4, 0.5) is 4.39 Å². The highest BCUT2D eigenvalue weighted by Crippen LogP contribution is 2.13. The molecule has 29 heavy (non-hydrogen) atoms. The lowest BCUT2D eigenvalue weighted by atomic mass is 10.1. The van der Waals surface area contributed by atoms with Gasteiger partial charge in [-0.1, -0.05) is 83.3 Å². The monoisotopic (exact) mass is 404 g/mol. The SMILES string of the molecule is CCCCCCCCN(CCCCCCCC)CCn1nnc2cc(F)ccc21. The third-order valence-corrected chi connectivity index (χ3v) is 5.76. The summed E-state index contributed by atoms with van der Waals surface area (Å²) in [7, 11) is 0. The van der Waals surface area contributed by atoms with E-state index in [-0.39, 0.29) is 5.82 Å². The van der Waals surface area contributed by atoms with Crippen molar-refractivity contribution in [3.8, 4) is 0 Å². The molecule has 0 unspecified atom stereocenters. The van der Waals surface area contributed by atoms with Gasteiger partial charge < -0.3 is 4.90 Å². The van der Waals surface area contributed by atoms with E-state index >= 15 is 0 Å². The van der Waals surface area contributed by atoms with Crippen molar-refractivity contribution < 1.29 is 4.39 Å². The highest BCUT2D eigenvalue weighted by atomic mass is 19.1. The van der Waals surface area contributed by atoms with E-state index in [4.69, 9.17) is 0 Å². The number of benzene rings is 1. The van der Waals surface area contributed by atoms with Crippen LogP contribution in [0.1, 0.15) is 90.9 Å². The molecule has 0 amide bonds. The number of rotatable bonds is 17. The van der Waals surface area contributed by atoms with Crippen LogP contribution in [-0.4, -0.2) is 39.5 Å². The predicted octanol–water partition coefficient (Wildman–Crippen LogP) is 6.59. The lowest BCUT2D eigenvalue weighted by Gasteiger charge is -2.22. The molecule has 0 radical (unpaired) electrons. The Balaban J connectivity index is 1.79. The lowest BCUT2D eigenvalue weighted by molar-refractivity contribution is 0.247. The van der Waals surface area contributed by atoms with Crippen LogP contribution in [0.15, 0.2) is 18.2 Å². The third-order valence-electron chi connectivity index (χ3n) is 5.76. The average molecular weight is 405 g/mol. The van der Waals surface area contributed by atoms with Gasteiger partial charge in [-0.2, -0.15) is 0 Å². The lowest BCUT2D eigenvalue weighted by Crippen LogP contribution is -2.30. The summed E-state index contributed by atoms with van der Waals surface area (Å²) in [6.07, 6.45) is 16.0. The van der Waals surface area contributed by atoms with Crippen LogP contribution >= 0.6 is 0 Å². The molecule has 0 fully saturated rings. The van der Waals surface area contributed by atoms with Gasteiger partial charge in [0.1, 0.15) is 11.3 Å². The minimum atomic E-state index is -0.252. The number of halogens is 1. The smallest absolute Gasteiger partial charge is 0.125 e. The van der Waals surface area contributed by atoms with Gasteiger partial charge in [0.15, 0.2) is 0 Å². The fourth-order valence-corrected chi connectivity index (χ4v) is 3.91. The largest absolute Gasteiger partial charge is 0.301 e.